The second kappa shape index (κ2) is 4.86. The van der Waals surface area contributed by atoms with E-state index in [0.717, 1.165) is 0 Å². The molecule has 0 bridgehead atoms. The number of halogens is 1. The quantitative estimate of drug-likeness (QED) is 0.798. The second-order valence-corrected chi connectivity index (χ2v) is 4.70. The van der Waals surface area contributed by atoms with Crippen LogP contribution in [0.15, 0.2) is 18.2 Å². The Hall–Kier alpha value is -1.75. The fourth-order valence-electron chi connectivity index (χ4n) is 2.17. The van der Waals surface area contributed by atoms with Crippen LogP contribution < -0.4 is 5.73 Å². The molecule has 0 radical (unpaired) electrons. The van der Waals surface area contributed by atoms with Gasteiger partial charge in [-0.15, -0.1) is 0 Å². The SMILES string of the molecule is Nc1cc(Cl)cc(C(=O)N2CCCC2C(=O)O)c1. The topological polar surface area (TPSA) is 83.6 Å². The molecule has 0 aliphatic carbocycles. The third-order valence-corrected chi connectivity index (χ3v) is 3.18. The molecule has 1 saturated heterocycles. The molecule has 1 aliphatic rings. The third kappa shape index (κ3) is 2.41. The minimum atomic E-state index is -0.976. The summed E-state index contributed by atoms with van der Waals surface area (Å²) in [5, 5.41) is 9.41. The standard InChI is InChI=1S/C12H13ClN2O3/c13-8-4-7(5-9(14)6-8)11(16)15-3-1-2-10(15)12(17)18/h4-6,10H,1-3,14H2,(H,17,18). The summed E-state index contributed by atoms with van der Waals surface area (Å²) in [6, 6.07) is 3.79. The molecule has 1 fully saturated rings. The highest BCUT2D eigenvalue weighted by Gasteiger charge is 2.34. The number of rotatable bonds is 2. The third-order valence-electron chi connectivity index (χ3n) is 2.97. The van der Waals surface area contributed by atoms with Crippen molar-refractivity contribution in [2.24, 2.45) is 0 Å². The summed E-state index contributed by atoms with van der Waals surface area (Å²) >= 11 is 5.83. The Morgan fingerprint density at radius 2 is 2.11 bits per heavy atom. The molecule has 1 aromatic carbocycles. The number of nitrogens with zero attached hydrogens (tertiary/aromatic N) is 1. The zero-order valence-electron chi connectivity index (χ0n) is 9.60. The van der Waals surface area contributed by atoms with Crippen LogP contribution >= 0.6 is 11.6 Å². The molecule has 1 unspecified atom stereocenters. The molecule has 1 aliphatic heterocycles. The fourth-order valence-corrected chi connectivity index (χ4v) is 2.41. The van der Waals surface area contributed by atoms with E-state index in [-0.39, 0.29) is 5.91 Å². The normalized spacial score (nSPS) is 18.9. The Labute approximate surface area is 109 Å². The van der Waals surface area contributed by atoms with E-state index in [1.807, 2.05) is 0 Å². The number of hydrogen-bond acceptors (Lipinski definition) is 3. The molecule has 2 rings (SSSR count). The predicted molar refractivity (Wildman–Crippen MR) is 67.6 cm³/mol. The molecule has 1 aromatic rings. The molecule has 18 heavy (non-hydrogen) atoms. The molecule has 5 nitrogen and oxygen atoms in total. The van der Waals surface area contributed by atoms with Gasteiger partial charge in [-0.1, -0.05) is 11.6 Å². The van der Waals surface area contributed by atoms with Crippen molar-refractivity contribution in [2.45, 2.75) is 18.9 Å². The van der Waals surface area contributed by atoms with Crippen LogP contribution in [0.5, 0.6) is 0 Å². The Morgan fingerprint density at radius 3 is 2.72 bits per heavy atom. The lowest BCUT2D eigenvalue weighted by Gasteiger charge is -2.21. The van der Waals surface area contributed by atoms with Crippen molar-refractivity contribution in [3.63, 3.8) is 0 Å². The molecule has 1 amide bonds. The van der Waals surface area contributed by atoms with Gasteiger partial charge in [0.2, 0.25) is 0 Å². The van der Waals surface area contributed by atoms with Crippen LogP contribution in [0, 0.1) is 0 Å². The summed E-state index contributed by atoms with van der Waals surface area (Å²) in [6.45, 7) is 0.447. The summed E-state index contributed by atoms with van der Waals surface area (Å²) < 4.78 is 0. The van der Waals surface area contributed by atoms with Crippen LogP contribution in [-0.4, -0.2) is 34.5 Å². The molecular formula is C12H13ClN2O3. The van der Waals surface area contributed by atoms with Gasteiger partial charge < -0.3 is 15.7 Å². The first-order valence-electron chi connectivity index (χ1n) is 5.59. The Kier molecular flexibility index (Phi) is 3.43. The minimum Gasteiger partial charge on any atom is -0.480 e. The predicted octanol–water partition coefficient (Wildman–Crippen LogP) is 1.61. The first-order chi connectivity index (χ1) is 8.49. The Morgan fingerprint density at radius 1 is 1.39 bits per heavy atom. The van der Waals surface area contributed by atoms with E-state index in [4.69, 9.17) is 22.4 Å². The minimum absolute atomic E-state index is 0.327. The number of carboxylic acids is 1. The maximum absolute atomic E-state index is 12.2. The van der Waals surface area contributed by atoms with Gasteiger partial charge in [0, 0.05) is 22.8 Å². The number of hydrogen-bond donors (Lipinski definition) is 2. The average Bonchev–Trinajstić information content (AvgIpc) is 2.75. The van der Waals surface area contributed by atoms with Crippen molar-refractivity contribution in [2.75, 3.05) is 12.3 Å². The molecule has 0 aromatic heterocycles. The molecule has 6 heteroatoms. The summed E-state index contributed by atoms with van der Waals surface area (Å²) in [5.74, 6) is -1.31. The van der Waals surface area contributed by atoms with Crippen molar-refractivity contribution in [3.8, 4) is 0 Å². The van der Waals surface area contributed by atoms with E-state index >= 15 is 0 Å². The highest BCUT2D eigenvalue weighted by molar-refractivity contribution is 6.31. The summed E-state index contributed by atoms with van der Waals surface area (Å²) in [7, 11) is 0. The zero-order chi connectivity index (χ0) is 13.3. The van der Waals surface area contributed by atoms with E-state index in [2.05, 4.69) is 0 Å². The number of carbonyl (C=O) groups is 2. The van der Waals surface area contributed by atoms with Crippen molar-refractivity contribution >= 4 is 29.2 Å². The monoisotopic (exact) mass is 268 g/mol. The zero-order valence-corrected chi connectivity index (χ0v) is 10.4. The van der Waals surface area contributed by atoms with Crippen LogP contribution in [0.25, 0.3) is 0 Å². The second-order valence-electron chi connectivity index (χ2n) is 4.27. The van der Waals surface area contributed by atoms with Gasteiger partial charge in [-0.2, -0.15) is 0 Å². The van der Waals surface area contributed by atoms with E-state index in [1.54, 1.807) is 0 Å². The van der Waals surface area contributed by atoms with Crippen molar-refractivity contribution in [1.82, 2.24) is 4.90 Å². The van der Waals surface area contributed by atoms with Crippen LogP contribution in [0.2, 0.25) is 5.02 Å². The first-order valence-corrected chi connectivity index (χ1v) is 5.96. The van der Waals surface area contributed by atoms with Gasteiger partial charge in [0.05, 0.1) is 0 Å². The van der Waals surface area contributed by atoms with Crippen molar-refractivity contribution < 1.29 is 14.7 Å². The highest BCUT2D eigenvalue weighted by atomic mass is 35.5. The number of likely N-dealkylation sites (tertiary alicyclic amines) is 1. The summed E-state index contributed by atoms with van der Waals surface area (Å²) in [6.07, 6.45) is 1.18. The van der Waals surface area contributed by atoms with Gasteiger partial charge >= 0.3 is 5.97 Å². The lowest BCUT2D eigenvalue weighted by Crippen LogP contribution is -2.40. The molecule has 1 heterocycles. The number of anilines is 1. The summed E-state index contributed by atoms with van der Waals surface area (Å²) in [4.78, 5) is 24.6. The molecular weight excluding hydrogens is 256 g/mol. The largest absolute Gasteiger partial charge is 0.480 e. The van der Waals surface area contributed by atoms with Crippen LogP contribution in [-0.2, 0) is 4.79 Å². The summed E-state index contributed by atoms with van der Waals surface area (Å²) in [5.41, 5.74) is 6.33. The number of benzene rings is 1. The van der Waals surface area contributed by atoms with E-state index < -0.39 is 12.0 Å². The van der Waals surface area contributed by atoms with Gasteiger partial charge in [-0.3, -0.25) is 4.79 Å². The fraction of sp³-hybridized carbons (Fsp3) is 0.333. The van der Waals surface area contributed by atoms with Gasteiger partial charge in [-0.05, 0) is 31.0 Å². The van der Waals surface area contributed by atoms with Gasteiger partial charge in [0.25, 0.3) is 5.91 Å². The van der Waals surface area contributed by atoms with Crippen LogP contribution in [0.4, 0.5) is 5.69 Å². The highest BCUT2D eigenvalue weighted by Crippen LogP contribution is 2.23. The number of aliphatic carboxylic acids is 1. The number of nitrogens with two attached hydrogens (primary N) is 1. The van der Waals surface area contributed by atoms with Crippen molar-refractivity contribution in [1.29, 1.82) is 0 Å². The van der Waals surface area contributed by atoms with Crippen molar-refractivity contribution in [3.05, 3.63) is 28.8 Å². The molecule has 0 spiro atoms. The molecule has 1 atom stereocenters. The maximum Gasteiger partial charge on any atom is 0.326 e. The first kappa shape index (κ1) is 12.7. The van der Waals surface area contributed by atoms with Gasteiger partial charge in [-0.25, -0.2) is 4.79 Å². The van der Waals surface area contributed by atoms with E-state index in [9.17, 15) is 9.59 Å². The lowest BCUT2D eigenvalue weighted by atomic mass is 10.1. The van der Waals surface area contributed by atoms with E-state index in [0.29, 0.717) is 35.7 Å². The Bertz CT molecular complexity index is 484. The maximum atomic E-state index is 12.2. The molecule has 0 saturated carbocycles. The average molecular weight is 269 g/mol. The smallest absolute Gasteiger partial charge is 0.326 e. The number of carboxylic acid groups (broad SMARTS) is 1. The van der Waals surface area contributed by atoms with E-state index in [1.165, 1.54) is 23.1 Å². The molecule has 3 N–H and O–H groups in total. The Balaban J connectivity index is 2.28. The van der Waals surface area contributed by atoms with Crippen LogP contribution in [0.1, 0.15) is 23.2 Å². The lowest BCUT2D eigenvalue weighted by molar-refractivity contribution is -0.141. The van der Waals surface area contributed by atoms with Gasteiger partial charge in [0.15, 0.2) is 0 Å². The van der Waals surface area contributed by atoms with Crippen LogP contribution in [0.3, 0.4) is 0 Å². The number of carbonyl (C=O) groups excluding carboxylic acids is 1. The molecule has 96 valence electrons. The number of nitrogen functional groups attached to an aromatic ring is 1. The van der Waals surface area contributed by atoms with Gasteiger partial charge in [0.1, 0.15) is 6.04 Å². The number of amides is 1.